The van der Waals surface area contributed by atoms with E-state index in [2.05, 4.69) is 68.8 Å². The summed E-state index contributed by atoms with van der Waals surface area (Å²) in [5.74, 6) is 0. The van der Waals surface area contributed by atoms with Crippen LogP contribution in [0.25, 0.3) is 16.3 Å². The summed E-state index contributed by atoms with van der Waals surface area (Å²) in [5, 5.41) is 2.65. The molecule has 0 fully saturated rings. The molecule has 0 heterocycles. The van der Waals surface area contributed by atoms with Gasteiger partial charge >= 0.3 is 0 Å². The van der Waals surface area contributed by atoms with Gasteiger partial charge in [-0.05, 0) is 47.7 Å². The number of hydrogen-bond donors (Lipinski definition) is 0. The second-order valence-corrected chi connectivity index (χ2v) is 6.03. The van der Waals surface area contributed by atoms with E-state index in [1.54, 1.807) is 0 Å². The van der Waals surface area contributed by atoms with Crippen molar-refractivity contribution in [3.8, 4) is 0 Å². The van der Waals surface area contributed by atoms with Crippen LogP contribution < -0.4 is 0 Å². The third-order valence-corrected chi connectivity index (χ3v) is 4.22. The lowest BCUT2D eigenvalue weighted by Gasteiger charge is -2.07. The summed E-state index contributed by atoms with van der Waals surface area (Å²) in [6.07, 6.45) is 12.0. The predicted molar refractivity (Wildman–Crippen MR) is 93.2 cm³/mol. The first-order valence-electron chi connectivity index (χ1n) is 8.02. The van der Waals surface area contributed by atoms with E-state index >= 15 is 0 Å². The van der Waals surface area contributed by atoms with E-state index in [1.807, 2.05) is 0 Å². The highest BCUT2D eigenvalue weighted by Crippen LogP contribution is 2.31. The highest BCUT2D eigenvalue weighted by molar-refractivity contribution is 5.89. The molecule has 2 aromatic carbocycles. The molecule has 2 aromatic rings. The molecule has 0 unspecified atom stereocenters. The van der Waals surface area contributed by atoms with Crippen molar-refractivity contribution in [2.24, 2.45) is 0 Å². The Hall–Kier alpha value is -1.82. The van der Waals surface area contributed by atoms with Gasteiger partial charge in [0.05, 0.1) is 0 Å². The summed E-state index contributed by atoms with van der Waals surface area (Å²) in [6, 6.07) is 13.4. The summed E-state index contributed by atoms with van der Waals surface area (Å²) in [5.41, 5.74) is 5.47. The molecule has 107 valence electrons. The molecule has 0 nitrogen and oxygen atoms in total. The number of aryl methyl sites for hydroxylation is 1. The molecule has 0 aromatic heterocycles. The van der Waals surface area contributed by atoms with E-state index in [0.717, 1.165) is 0 Å². The van der Waals surface area contributed by atoms with Crippen molar-refractivity contribution in [3.05, 3.63) is 71.7 Å². The van der Waals surface area contributed by atoms with Gasteiger partial charge in [-0.25, -0.2) is 0 Å². The quantitative estimate of drug-likeness (QED) is 0.565. The summed E-state index contributed by atoms with van der Waals surface area (Å²) >= 11 is 0. The molecule has 1 radical (unpaired) electrons. The third-order valence-electron chi connectivity index (χ3n) is 4.22. The third kappa shape index (κ3) is 3.26. The Kier molecular flexibility index (Phi) is 4.24. The average Bonchev–Trinajstić information content (AvgIpc) is 2.96. The first-order chi connectivity index (χ1) is 10.3. The Labute approximate surface area is 128 Å². The van der Waals surface area contributed by atoms with E-state index < -0.39 is 0 Å². The maximum Gasteiger partial charge on any atom is 0.0164 e. The van der Waals surface area contributed by atoms with E-state index in [1.165, 1.54) is 58.7 Å². The molecule has 0 spiro atoms. The van der Waals surface area contributed by atoms with E-state index in [9.17, 15) is 0 Å². The fraction of sp³-hybridized carbons (Fsp3) is 0.286. The number of allylic oxidation sites excluding steroid dienone is 4. The van der Waals surface area contributed by atoms with Gasteiger partial charge in [-0.3, -0.25) is 0 Å². The topological polar surface area (TPSA) is 0 Å². The van der Waals surface area contributed by atoms with Gasteiger partial charge in [0.25, 0.3) is 0 Å². The Morgan fingerprint density at radius 1 is 0.857 bits per heavy atom. The molecule has 1 aliphatic rings. The Morgan fingerprint density at radius 3 is 2.52 bits per heavy atom. The SMILES string of the molecule is CCCCCC1=CC=C(c2ccc3cc(C)ccc3c2)[CH]1. The van der Waals surface area contributed by atoms with Gasteiger partial charge in [-0.2, -0.15) is 0 Å². The lowest BCUT2D eigenvalue weighted by Crippen LogP contribution is -1.87. The number of fused-ring (bicyclic) bond motifs is 1. The van der Waals surface area contributed by atoms with Crippen LogP contribution in [0, 0.1) is 13.3 Å². The smallest absolute Gasteiger partial charge is 0.0164 e. The molecule has 0 saturated carbocycles. The van der Waals surface area contributed by atoms with Crippen molar-refractivity contribution in [1.29, 1.82) is 0 Å². The molecule has 0 heteroatoms. The number of hydrogen-bond acceptors (Lipinski definition) is 0. The van der Waals surface area contributed by atoms with Crippen LogP contribution in [0.4, 0.5) is 0 Å². The molecule has 0 bridgehead atoms. The normalized spacial score (nSPS) is 14.4. The van der Waals surface area contributed by atoms with Gasteiger partial charge in [0.15, 0.2) is 0 Å². The highest BCUT2D eigenvalue weighted by atomic mass is 14.2. The highest BCUT2D eigenvalue weighted by Gasteiger charge is 2.11. The van der Waals surface area contributed by atoms with Crippen molar-refractivity contribution >= 4 is 16.3 Å². The summed E-state index contributed by atoms with van der Waals surface area (Å²) in [6.45, 7) is 4.40. The lowest BCUT2D eigenvalue weighted by atomic mass is 9.97. The van der Waals surface area contributed by atoms with Crippen LogP contribution in [0.1, 0.15) is 43.7 Å². The molecule has 0 N–H and O–H groups in total. The lowest BCUT2D eigenvalue weighted by molar-refractivity contribution is 0.718. The first kappa shape index (κ1) is 14.1. The van der Waals surface area contributed by atoms with Crippen molar-refractivity contribution < 1.29 is 0 Å². The standard InChI is InChI=1S/C21H23/c1-3-4-5-6-17-8-10-19(14-17)21-12-11-18-13-16(2)7-9-20(18)15-21/h7-15H,3-6H2,1-2H3. The van der Waals surface area contributed by atoms with Gasteiger partial charge in [-0.15, -0.1) is 0 Å². The molecular formula is C21H23. The van der Waals surface area contributed by atoms with Crippen LogP contribution in [0.5, 0.6) is 0 Å². The van der Waals surface area contributed by atoms with E-state index in [0.29, 0.717) is 0 Å². The zero-order valence-corrected chi connectivity index (χ0v) is 13.0. The maximum absolute atomic E-state index is 2.35. The molecule has 21 heavy (non-hydrogen) atoms. The van der Waals surface area contributed by atoms with Gasteiger partial charge < -0.3 is 0 Å². The van der Waals surface area contributed by atoms with Crippen molar-refractivity contribution in [2.75, 3.05) is 0 Å². The first-order valence-corrected chi connectivity index (χ1v) is 8.02. The maximum atomic E-state index is 2.35. The second-order valence-electron chi connectivity index (χ2n) is 6.03. The minimum atomic E-state index is 1.21. The van der Waals surface area contributed by atoms with Crippen LogP contribution in [-0.4, -0.2) is 0 Å². The van der Waals surface area contributed by atoms with Gasteiger partial charge in [0, 0.05) is 6.42 Å². The summed E-state index contributed by atoms with van der Waals surface area (Å²) in [7, 11) is 0. The average molecular weight is 275 g/mol. The van der Waals surface area contributed by atoms with Crippen LogP contribution in [-0.2, 0) is 0 Å². The molecule has 0 aliphatic heterocycles. The Bertz CT molecular complexity index is 701. The van der Waals surface area contributed by atoms with E-state index in [-0.39, 0.29) is 0 Å². The molecular weight excluding hydrogens is 252 g/mol. The minimum Gasteiger partial charge on any atom is -0.0654 e. The van der Waals surface area contributed by atoms with Crippen LogP contribution in [0.15, 0.2) is 54.1 Å². The summed E-state index contributed by atoms with van der Waals surface area (Å²) < 4.78 is 0. The molecule has 0 saturated heterocycles. The van der Waals surface area contributed by atoms with Gasteiger partial charge in [0.2, 0.25) is 0 Å². The van der Waals surface area contributed by atoms with Crippen LogP contribution >= 0.6 is 0 Å². The monoisotopic (exact) mass is 275 g/mol. The fourth-order valence-corrected chi connectivity index (χ4v) is 2.95. The predicted octanol–water partition coefficient (Wildman–Crippen LogP) is 6.26. The minimum absolute atomic E-state index is 1.21. The molecule has 0 amide bonds. The van der Waals surface area contributed by atoms with Crippen molar-refractivity contribution in [2.45, 2.75) is 39.5 Å². The number of unbranched alkanes of at least 4 members (excludes halogenated alkanes) is 2. The van der Waals surface area contributed by atoms with Crippen LogP contribution in [0.3, 0.4) is 0 Å². The number of rotatable bonds is 5. The van der Waals surface area contributed by atoms with Gasteiger partial charge in [-0.1, -0.05) is 73.4 Å². The zero-order chi connectivity index (χ0) is 14.7. The van der Waals surface area contributed by atoms with Crippen LogP contribution in [0.2, 0.25) is 0 Å². The largest absolute Gasteiger partial charge is 0.0654 e. The summed E-state index contributed by atoms with van der Waals surface area (Å²) in [4.78, 5) is 0. The number of benzene rings is 2. The fourth-order valence-electron chi connectivity index (χ4n) is 2.95. The molecule has 1 aliphatic carbocycles. The van der Waals surface area contributed by atoms with Crippen molar-refractivity contribution in [3.63, 3.8) is 0 Å². The Balaban J connectivity index is 1.73. The second kappa shape index (κ2) is 6.30. The Morgan fingerprint density at radius 2 is 1.67 bits per heavy atom. The van der Waals surface area contributed by atoms with E-state index in [4.69, 9.17) is 0 Å². The molecule has 0 atom stereocenters. The van der Waals surface area contributed by atoms with Gasteiger partial charge in [0.1, 0.15) is 0 Å². The molecule has 3 rings (SSSR count). The van der Waals surface area contributed by atoms with Crippen molar-refractivity contribution in [1.82, 2.24) is 0 Å². The zero-order valence-electron chi connectivity index (χ0n) is 13.0.